The van der Waals surface area contributed by atoms with Gasteiger partial charge in [0.05, 0.1) is 17.9 Å². The summed E-state index contributed by atoms with van der Waals surface area (Å²) in [5.41, 5.74) is 6.37. The van der Waals surface area contributed by atoms with Gasteiger partial charge in [0.1, 0.15) is 0 Å². The van der Waals surface area contributed by atoms with Crippen molar-refractivity contribution in [2.75, 3.05) is 6.54 Å². The van der Waals surface area contributed by atoms with E-state index in [0.29, 0.717) is 12.2 Å². The fraction of sp³-hybridized carbons (Fsp3) is 0.700. The molecule has 0 aromatic carbocycles. The highest BCUT2D eigenvalue weighted by Gasteiger charge is 2.28. The fourth-order valence-electron chi connectivity index (χ4n) is 2.04. The Kier molecular flexibility index (Phi) is 5.30. The summed E-state index contributed by atoms with van der Waals surface area (Å²) in [5, 5.41) is 2.84. The minimum Gasteiger partial charge on any atom is -0.349 e. The van der Waals surface area contributed by atoms with Gasteiger partial charge in [-0.3, -0.25) is 4.79 Å². The van der Waals surface area contributed by atoms with Crippen LogP contribution in [0, 0.1) is 0 Å². The van der Waals surface area contributed by atoms with Crippen LogP contribution in [0.25, 0.3) is 0 Å². The van der Waals surface area contributed by atoms with Crippen LogP contribution in [0.5, 0.6) is 0 Å². The minimum atomic E-state index is -0.225. The van der Waals surface area contributed by atoms with Crippen LogP contribution in [0.15, 0.2) is 6.20 Å². The lowest BCUT2D eigenvalue weighted by Gasteiger charge is -2.33. The van der Waals surface area contributed by atoms with Crippen molar-refractivity contribution in [3.63, 3.8) is 0 Å². The second-order valence-electron chi connectivity index (χ2n) is 4.40. The molecule has 1 aromatic rings. The molecule has 17 heavy (non-hydrogen) atoms. The molecule has 1 saturated carbocycles. The Morgan fingerprint density at radius 3 is 2.76 bits per heavy atom. The summed E-state index contributed by atoms with van der Waals surface area (Å²) in [5.74, 6) is -0.177. The maximum absolute atomic E-state index is 11.6. The van der Waals surface area contributed by atoms with E-state index < -0.39 is 0 Å². The molecule has 5 nitrogen and oxygen atoms in total. The smallest absolute Gasteiger partial charge is 0.272 e. The molecule has 7 heteroatoms. The molecular formula is C10H17ClN4OS. The third-order valence-electron chi connectivity index (χ3n) is 3.04. The van der Waals surface area contributed by atoms with Gasteiger partial charge in [-0.25, -0.2) is 0 Å². The van der Waals surface area contributed by atoms with E-state index in [9.17, 15) is 4.79 Å². The minimum absolute atomic E-state index is 0. The third-order valence-corrected chi connectivity index (χ3v) is 3.52. The van der Waals surface area contributed by atoms with Crippen LogP contribution in [0.2, 0.25) is 0 Å². The number of hydrogen-bond donors (Lipinski definition) is 2. The monoisotopic (exact) mass is 276 g/mol. The largest absolute Gasteiger partial charge is 0.349 e. The molecule has 1 aromatic heterocycles. The highest BCUT2D eigenvalue weighted by Crippen LogP contribution is 2.25. The van der Waals surface area contributed by atoms with E-state index in [-0.39, 0.29) is 23.9 Å². The maximum atomic E-state index is 11.6. The van der Waals surface area contributed by atoms with Gasteiger partial charge in [-0.1, -0.05) is 19.3 Å². The van der Waals surface area contributed by atoms with Gasteiger partial charge < -0.3 is 11.1 Å². The molecule has 0 spiro atoms. The molecule has 0 saturated heterocycles. The topological polar surface area (TPSA) is 80.9 Å². The van der Waals surface area contributed by atoms with E-state index in [1.807, 2.05) is 0 Å². The lowest BCUT2D eigenvalue weighted by atomic mass is 9.82. The van der Waals surface area contributed by atoms with Crippen LogP contribution in [-0.4, -0.2) is 26.7 Å². The van der Waals surface area contributed by atoms with Gasteiger partial charge in [0.25, 0.3) is 5.91 Å². The summed E-state index contributed by atoms with van der Waals surface area (Å²) in [4.78, 5) is 11.6. The summed E-state index contributed by atoms with van der Waals surface area (Å²) in [6, 6.07) is 0. The number of amides is 1. The van der Waals surface area contributed by atoms with Crippen molar-refractivity contribution >= 4 is 30.0 Å². The quantitative estimate of drug-likeness (QED) is 0.873. The van der Waals surface area contributed by atoms with Gasteiger partial charge in [-0.15, -0.1) is 12.4 Å². The number of rotatable bonds is 3. The van der Waals surface area contributed by atoms with Gasteiger partial charge >= 0.3 is 0 Å². The Morgan fingerprint density at radius 1 is 1.47 bits per heavy atom. The zero-order valence-corrected chi connectivity index (χ0v) is 11.1. The molecule has 0 radical (unpaired) electrons. The normalized spacial score (nSPS) is 18.2. The SMILES string of the molecule is Cl.NC1(CNC(=O)c2cnsn2)CCCCC1. The van der Waals surface area contributed by atoms with Crippen molar-refractivity contribution in [3.05, 3.63) is 11.9 Å². The van der Waals surface area contributed by atoms with Crippen molar-refractivity contribution in [1.29, 1.82) is 0 Å². The van der Waals surface area contributed by atoms with Crippen LogP contribution < -0.4 is 11.1 Å². The fourth-order valence-corrected chi connectivity index (χ4v) is 2.46. The van der Waals surface area contributed by atoms with Gasteiger partial charge in [-0.2, -0.15) is 8.75 Å². The van der Waals surface area contributed by atoms with Gasteiger partial charge in [-0.05, 0) is 12.8 Å². The van der Waals surface area contributed by atoms with Crippen molar-refractivity contribution in [2.45, 2.75) is 37.6 Å². The average molecular weight is 277 g/mol. The summed E-state index contributed by atoms with van der Waals surface area (Å²) in [7, 11) is 0. The van der Waals surface area contributed by atoms with Gasteiger partial charge in [0.2, 0.25) is 0 Å². The average Bonchev–Trinajstić information content (AvgIpc) is 2.80. The molecular weight excluding hydrogens is 260 g/mol. The zero-order valence-electron chi connectivity index (χ0n) is 9.52. The van der Waals surface area contributed by atoms with E-state index >= 15 is 0 Å². The summed E-state index contributed by atoms with van der Waals surface area (Å²) in [6.45, 7) is 0.531. The van der Waals surface area contributed by atoms with E-state index in [1.165, 1.54) is 12.6 Å². The zero-order chi connectivity index (χ0) is 11.4. The third kappa shape index (κ3) is 3.90. The molecule has 0 bridgehead atoms. The molecule has 1 amide bonds. The lowest BCUT2D eigenvalue weighted by molar-refractivity contribution is 0.0933. The molecule has 1 heterocycles. The first-order chi connectivity index (χ1) is 7.70. The second-order valence-corrected chi connectivity index (χ2v) is 4.96. The van der Waals surface area contributed by atoms with Crippen molar-refractivity contribution in [1.82, 2.24) is 14.1 Å². The maximum Gasteiger partial charge on any atom is 0.272 e. The highest BCUT2D eigenvalue weighted by molar-refractivity contribution is 6.99. The Bertz CT molecular complexity index is 351. The standard InChI is InChI=1S/C10H16N4OS.ClH/c11-10(4-2-1-3-5-10)7-12-9(15)8-6-13-16-14-8;/h6H,1-5,7,11H2,(H,12,15);1H. The molecule has 3 N–H and O–H groups in total. The molecule has 0 atom stereocenters. The van der Waals surface area contributed by atoms with E-state index in [4.69, 9.17) is 5.73 Å². The molecule has 1 aliphatic rings. The molecule has 0 aliphatic heterocycles. The number of halogens is 1. The number of hydrogen-bond acceptors (Lipinski definition) is 5. The van der Waals surface area contributed by atoms with Crippen LogP contribution >= 0.6 is 24.1 Å². The first kappa shape index (κ1) is 14.3. The first-order valence-corrected chi connectivity index (χ1v) is 6.27. The van der Waals surface area contributed by atoms with Gasteiger partial charge in [0, 0.05) is 12.1 Å². The predicted molar refractivity (Wildman–Crippen MR) is 69.5 cm³/mol. The van der Waals surface area contributed by atoms with Crippen LogP contribution in [0.3, 0.4) is 0 Å². The Balaban J connectivity index is 0.00000144. The lowest BCUT2D eigenvalue weighted by Crippen LogP contribution is -2.51. The summed E-state index contributed by atoms with van der Waals surface area (Å²) >= 11 is 1.04. The highest BCUT2D eigenvalue weighted by atomic mass is 35.5. The number of carbonyl (C=O) groups is 1. The summed E-state index contributed by atoms with van der Waals surface area (Å²) in [6.07, 6.45) is 7.02. The number of carbonyl (C=O) groups excluding carboxylic acids is 1. The molecule has 2 rings (SSSR count). The summed E-state index contributed by atoms with van der Waals surface area (Å²) < 4.78 is 7.67. The van der Waals surface area contributed by atoms with Crippen molar-refractivity contribution in [3.8, 4) is 0 Å². The molecule has 1 aliphatic carbocycles. The second kappa shape index (κ2) is 6.28. The Labute approximate surface area is 111 Å². The number of nitrogens with one attached hydrogen (secondary N) is 1. The Morgan fingerprint density at radius 2 is 2.18 bits per heavy atom. The van der Waals surface area contributed by atoms with Gasteiger partial charge in [0.15, 0.2) is 5.69 Å². The number of nitrogens with two attached hydrogens (primary N) is 1. The molecule has 96 valence electrons. The van der Waals surface area contributed by atoms with Crippen molar-refractivity contribution in [2.24, 2.45) is 5.73 Å². The molecule has 0 unspecified atom stereocenters. The van der Waals surface area contributed by atoms with Crippen LogP contribution in [0.4, 0.5) is 0 Å². The van der Waals surface area contributed by atoms with Crippen molar-refractivity contribution < 1.29 is 4.79 Å². The van der Waals surface area contributed by atoms with E-state index in [1.54, 1.807) is 0 Å². The van der Waals surface area contributed by atoms with E-state index in [2.05, 4.69) is 14.1 Å². The predicted octanol–water partition coefficient (Wildman–Crippen LogP) is 1.35. The number of aromatic nitrogens is 2. The van der Waals surface area contributed by atoms with Crippen LogP contribution in [-0.2, 0) is 0 Å². The first-order valence-electron chi connectivity index (χ1n) is 5.54. The number of nitrogens with zero attached hydrogens (tertiary/aromatic N) is 2. The van der Waals surface area contributed by atoms with E-state index in [0.717, 1.165) is 37.4 Å². The Hall–Kier alpha value is -0.720. The van der Waals surface area contributed by atoms with Crippen LogP contribution in [0.1, 0.15) is 42.6 Å². The molecule has 1 fully saturated rings.